The summed E-state index contributed by atoms with van der Waals surface area (Å²) >= 11 is 0. The second-order valence-corrected chi connectivity index (χ2v) is 7.58. The van der Waals surface area contributed by atoms with Gasteiger partial charge in [0.1, 0.15) is 14.6 Å². The molecule has 0 spiro atoms. The quantitative estimate of drug-likeness (QED) is 0.512. The smallest absolute Gasteiger partial charge is 0.126 e. The van der Waals surface area contributed by atoms with E-state index in [-0.39, 0.29) is 0 Å². The topological polar surface area (TPSA) is 9.23 Å². The normalized spacial score (nSPS) is 12.1. The molecule has 2 aromatic carbocycles. The average molecular weight is 340 g/mol. The summed E-state index contributed by atoms with van der Waals surface area (Å²) in [6.07, 6.45) is 5.49. The van der Waals surface area contributed by atoms with Gasteiger partial charge >= 0.3 is 0 Å². The Balaban J connectivity index is 2.33. The van der Waals surface area contributed by atoms with Gasteiger partial charge in [-0.2, -0.15) is 0 Å². The Hall–Kier alpha value is -1.59. The fraction of sp³-hybridized carbons (Fsp3) is 0.364. The van der Waals surface area contributed by atoms with Crippen molar-refractivity contribution in [3.8, 4) is 5.75 Å². The van der Waals surface area contributed by atoms with Crippen molar-refractivity contribution in [1.29, 1.82) is 0 Å². The first-order chi connectivity index (χ1) is 11.5. The van der Waals surface area contributed by atoms with Gasteiger partial charge in [-0.25, -0.2) is 0 Å². The van der Waals surface area contributed by atoms with Crippen LogP contribution >= 0.6 is 8.81 Å². The second kappa shape index (κ2) is 9.04. The molecule has 0 aliphatic rings. The largest absolute Gasteiger partial charge is 0.472 e. The molecule has 0 fully saturated rings. The highest BCUT2D eigenvalue weighted by molar-refractivity contribution is 7.42. The number of hydrogen-bond donors (Lipinski definition) is 0. The summed E-state index contributed by atoms with van der Waals surface area (Å²) in [6.45, 7) is 11.1. The van der Waals surface area contributed by atoms with Crippen LogP contribution < -0.4 is 9.83 Å². The third kappa shape index (κ3) is 4.71. The summed E-state index contributed by atoms with van der Waals surface area (Å²) in [5.74, 6) is 1.96. The molecule has 2 aromatic rings. The summed E-state index contributed by atoms with van der Waals surface area (Å²) in [5, 5.41) is 1.33. The maximum Gasteiger partial charge on any atom is 0.126 e. The van der Waals surface area contributed by atoms with Crippen LogP contribution in [0.5, 0.6) is 5.75 Å². The van der Waals surface area contributed by atoms with Crippen LogP contribution in [0.2, 0.25) is 0 Å². The Morgan fingerprint density at radius 1 is 0.917 bits per heavy atom. The van der Waals surface area contributed by atoms with E-state index in [2.05, 4.69) is 89.2 Å². The number of rotatable bonds is 7. The number of allylic oxidation sites excluding steroid dienone is 1. The lowest BCUT2D eigenvalue weighted by Crippen LogP contribution is -2.11. The van der Waals surface area contributed by atoms with E-state index in [9.17, 15) is 0 Å². The Morgan fingerprint density at radius 3 is 2.25 bits per heavy atom. The zero-order valence-corrected chi connectivity index (χ0v) is 16.5. The van der Waals surface area contributed by atoms with Gasteiger partial charge in [-0.3, -0.25) is 0 Å². The third-order valence-electron chi connectivity index (χ3n) is 4.09. The summed E-state index contributed by atoms with van der Waals surface area (Å²) in [5.41, 5.74) is 3.94. The molecule has 0 heterocycles. The van der Waals surface area contributed by atoms with Gasteiger partial charge in [-0.15, -0.1) is 0 Å². The summed E-state index contributed by atoms with van der Waals surface area (Å²) in [4.78, 5) is 0. The monoisotopic (exact) mass is 340 g/mol. The van der Waals surface area contributed by atoms with Crippen LogP contribution in [0.4, 0.5) is 0 Å². The van der Waals surface area contributed by atoms with E-state index in [1.165, 1.54) is 22.0 Å². The highest BCUT2D eigenvalue weighted by Crippen LogP contribution is 2.32. The van der Waals surface area contributed by atoms with E-state index in [0.29, 0.717) is 20.6 Å². The van der Waals surface area contributed by atoms with Gasteiger partial charge in [0.25, 0.3) is 0 Å². The highest BCUT2D eigenvalue weighted by atomic mass is 31.1. The van der Waals surface area contributed by atoms with Gasteiger partial charge in [-0.05, 0) is 41.0 Å². The number of hydrogen-bond acceptors (Lipinski definition) is 1. The van der Waals surface area contributed by atoms with E-state index < -0.39 is 0 Å². The molecule has 0 aliphatic carbocycles. The Kier molecular flexibility index (Phi) is 7.06. The van der Waals surface area contributed by atoms with Gasteiger partial charge < -0.3 is 4.52 Å². The van der Waals surface area contributed by atoms with Gasteiger partial charge in [-0.1, -0.05) is 83.2 Å². The Morgan fingerprint density at radius 2 is 1.58 bits per heavy atom. The van der Waals surface area contributed by atoms with Gasteiger partial charge in [0.2, 0.25) is 0 Å². The molecule has 0 saturated heterocycles. The standard InChI is InChI=1S/C22H29OP/c1-6-7-11-18-12-10-14-20(17(4)5)22(18)24-23-21-15-9-8-13-19(21)16(2)3/h7-17,24H,6H2,1-5H3. The minimum atomic E-state index is 0.321. The molecule has 24 heavy (non-hydrogen) atoms. The molecule has 0 amide bonds. The van der Waals surface area contributed by atoms with Crippen molar-refractivity contribution >= 4 is 20.2 Å². The van der Waals surface area contributed by atoms with Gasteiger partial charge in [0.15, 0.2) is 0 Å². The number of benzene rings is 2. The lowest BCUT2D eigenvalue weighted by Gasteiger charge is -2.18. The minimum absolute atomic E-state index is 0.321. The van der Waals surface area contributed by atoms with Crippen LogP contribution in [0.1, 0.15) is 69.6 Å². The minimum Gasteiger partial charge on any atom is -0.472 e. The fourth-order valence-corrected chi connectivity index (χ4v) is 3.90. The first kappa shape index (κ1) is 18.7. The summed E-state index contributed by atoms with van der Waals surface area (Å²) < 4.78 is 6.29. The van der Waals surface area contributed by atoms with Crippen LogP contribution in [0.25, 0.3) is 6.08 Å². The summed E-state index contributed by atoms with van der Waals surface area (Å²) in [6, 6.07) is 15.0. The molecule has 2 rings (SSSR count). The van der Waals surface area contributed by atoms with Crippen molar-refractivity contribution in [2.24, 2.45) is 0 Å². The van der Waals surface area contributed by atoms with Crippen LogP contribution in [0.15, 0.2) is 48.5 Å². The molecule has 1 atom stereocenters. The molecule has 0 aliphatic heterocycles. The third-order valence-corrected chi connectivity index (χ3v) is 5.19. The number of para-hydroxylation sites is 1. The van der Waals surface area contributed by atoms with E-state index in [1.807, 2.05) is 0 Å². The van der Waals surface area contributed by atoms with Crippen molar-refractivity contribution in [1.82, 2.24) is 0 Å². The highest BCUT2D eigenvalue weighted by Gasteiger charge is 2.13. The van der Waals surface area contributed by atoms with E-state index in [4.69, 9.17) is 4.52 Å². The van der Waals surface area contributed by atoms with Crippen molar-refractivity contribution in [2.45, 2.75) is 52.9 Å². The molecule has 2 heteroatoms. The van der Waals surface area contributed by atoms with Crippen molar-refractivity contribution in [3.63, 3.8) is 0 Å². The first-order valence-corrected chi connectivity index (χ1v) is 9.76. The van der Waals surface area contributed by atoms with Crippen LogP contribution in [0, 0.1) is 0 Å². The maximum atomic E-state index is 6.29. The molecule has 0 saturated carbocycles. The second-order valence-electron chi connectivity index (χ2n) is 6.67. The lowest BCUT2D eigenvalue weighted by atomic mass is 10.0. The molecule has 0 aromatic heterocycles. The summed E-state index contributed by atoms with van der Waals surface area (Å²) in [7, 11) is 0.321. The van der Waals surface area contributed by atoms with E-state index in [0.717, 1.165) is 12.2 Å². The predicted molar refractivity (Wildman–Crippen MR) is 109 cm³/mol. The molecule has 1 unspecified atom stereocenters. The zero-order chi connectivity index (χ0) is 17.5. The SMILES string of the molecule is CCC=Cc1cccc(C(C)C)c1POc1ccccc1C(C)C. The van der Waals surface area contributed by atoms with Crippen LogP contribution in [-0.2, 0) is 0 Å². The Labute approximate surface area is 149 Å². The Bertz CT molecular complexity index is 686. The van der Waals surface area contributed by atoms with Gasteiger partial charge in [0.05, 0.1) is 0 Å². The molecular formula is C22H29OP. The molecule has 0 N–H and O–H groups in total. The molecule has 128 valence electrons. The zero-order valence-electron chi connectivity index (χ0n) is 15.5. The van der Waals surface area contributed by atoms with E-state index in [1.54, 1.807) is 0 Å². The lowest BCUT2D eigenvalue weighted by molar-refractivity contribution is 0.617. The first-order valence-electron chi connectivity index (χ1n) is 8.85. The van der Waals surface area contributed by atoms with Crippen LogP contribution in [0.3, 0.4) is 0 Å². The molecule has 0 radical (unpaired) electrons. The molecular weight excluding hydrogens is 311 g/mol. The van der Waals surface area contributed by atoms with Crippen molar-refractivity contribution in [3.05, 3.63) is 65.2 Å². The van der Waals surface area contributed by atoms with E-state index >= 15 is 0 Å². The maximum absolute atomic E-state index is 6.29. The van der Waals surface area contributed by atoms with Crippen molar-refractivity contribution < 1.29 is 4.52 Å². The van der Waals surface area contributed by atoms with Crippen LogP contribution in [-0.4, -0.2) is 0 Å². The fourth-order valence-electron chi connectivity index (χ4n) is 2.73. The molecule has 1 nitrogen and oxygen atoms in total. The predicted octanol–water partition coefficient (Wildman–Crippen LogP) is 6.65. The van der Waals surface area contributed by atoms with Gasteiger partial charge in [0, 0.05) is 5.30 Å². The van der Waals surface area contributed by atoms with Crippen molar-refractivity contribution in [2.75, 3.05) is 0 Å². The molecule has 0 bridgehead atoms. The average Bonchev–Trinajstić information content (AvgIpc) is 2.58.